The number of nitrogens with two attached hydrogens (primary N) is 1. The van der Waals surface area contributed by atoms with E-state index in [0.29, 0.717) is 17.5 Å². The number of anilines is 2. The van der Waals surface area contributed by atoms with Crippen LogP contribution in [0.25, 0.3) is 21.5 Å². The van der Waals surface area contributed by atoms with Gasteiger partial charge in [-0.25, -0.2) is 8.42 Å². The van der Waals surface area contributed by atoms with Gasteiger partial charge in [-0.15, -0.1) is 10.2 Å². The molecule has 0 atom stereocenters. The minimum absolute atomic E-state index is 0.0229. The van der Waals surface area contributed by atoms with Crippen molar-refractivity contribution in [3.05, 3.63) is 107 Å². The Morgan fingerprint density at radius 2 is 1.14 bits per heavy atom. The zero-order valence-electron chi connectivity index (χ0n) is 28.1. The van der Waals surface area contributed by atoms with Gasteiger partial charge in [0, 0.05) is 17.5 Å². The minimum Gasteiger partial charge on any atom is -0.505 e. The molecule has 0 radical (unpaired) electrons. The first-order valence-electron chi connectivity index (χ1n) is 15.3. The molecule has 6 aromatic rings. The first-order chi connectivity index (χ1) is 26.5. The molecule has 6 aromatic carbocycles. The topological polar surface area (TPSA) is 348 Å². The molecule has 6 rings (SSSR count). The number of hydrogen-bond acceptors (Lipinski definition) is 16. The predicted octanol–water partition coefficient (Wildman–Crippen LogP) is 6.56. The van der Waals surface area contributed by atoms with Crippen molar-refractivity contribution in [3.8, 4) is 5.75 Å². The summed E-state index contributed by atoms with van der Waals surface area (Å²) in [5, 5.41) is 37.0. The molecule has 0 aliphatic rings. The maximum Gasteiger partial charge on any atom is 0.296 e. The lowest BCUT2D eigenvalue weighted by molar-refractivity contribution is -0.384. The molecule has 7 N–H and O–H groups in total. The van der Waals surface area contributed by atoms with Crippen LogP contribution in [-0.2, 0) is 40.4 Å². The van der Waals surface area contributed by atoms with Crippen molar-refractivity contribution in [3.63, 3.8) is 0 Å². The molecule has 25 heteroatoms. The third-order valence-corrected chi connectivity index (χ3v) is 12.0. The van der Waals surface area contributed by atoms with Gasteiger partial charge in [-0.3, -0.25) is 28.5 Å². The molecule has 0 saturated heterocycles. The molecular weight excluding hydrogens is 835 g/mol. The Morgan fingerprint density at radius 1 is 0.614 bits per heavy atom. The highest BCUT2D eigenvalue weighted by Crippen LogP contribution is 2.48. The molecule has 294 valence electrons. The zero-order valence-corrected chi connectivity index (χ0v) is 31.3. The number of fused-ring (bicyclic) bond motifs is 2. The lowest BCUT2D eigenvalue weighted by Crippen LogP contribution is -2.13. The van der Waals surface area contributed by atoms with E-state index in [0.717, 1.165) is 60.7 Å². The van der Waals surface area contributed by atoms with E-state index in [9.17, 15) is 62.6 Å². The molecule has 21 nitrogen and oxygen atoms in total. The van der Waals surface area contributed by atoms with Crippen molar-refractivity contribution >= 4 is 102 Å². The van der Waals surface area contributed by atoms with Crippen molar-refractivity contribution < 1.29 is 57.4 Å². The smallest absolute Gasteiger partial charge is 0.296 e. The zero-order chi connectivity index (χ0) is 41.7. The number of nitrogens with zero attached hydrogens (tertiary/aromatic N) is 5. The molecule has 0 unspecified atom stereocenters. The molecule has 57 heavy (non-hydrogen) atoms. The van der Waals surface area contributed by atoms with Crippen LogP contribution in [0.4, 0.5) is 39.8 Å². The van der Waals surface area contributed by atoms with Gasteiger partial charge < -0.3 is 10.8 Å². The Hall–Kier alpha value is -6.48. The number of rotatable bonds is 11. The monoisotopic (exact) mass is 857 g/mol. The van der Waals surface area contributed by atoms with Crippen LogP contribution in [0.15, 0.2) is 137 Å². The highest BCUT2D eigenvalue weighted by atomic mass is 32.2. The average Bonchev–Trinajstić information content (AvgIpc) is 3.12. The summed E-state index contributed by atoms with van der Waals surface area (Å²) in [4.78, 5) is 7.40. The Labute approximate surface area is 321 Å². The van der Waals surface area contributed by atoms with E-state index < -0.39 is 93.6 Å². The number of azo groups is 2. The van der Waals surface area contributed by atoms with E-state index in [1.165, 1.54) is 18.2 Å². The van der Waals surface area contributed by atoms with E-state index in [1.54, 1.807) is 6.07 Å². The van der Waals surface area contributed by atoms with E-state index in [4.69, 9.17) is 5.73 Å². The molecule has 0 spiro atoms. The second-order valence-electron chi connectivity index (χ2n) is 11.7. The van der Waals surface area contributed by atoms with Gasteiger partial charge >= 0.3 is 0 Å². The van der Waals surface area contributed by atoms with Gasteiger partial charge in [-0.2, -0.15) is 35.5 Å². The van der Waals surface area contributed by atoms with Crippen LogP contribution in [0.3, 0.4) is 0 Å². The number of benzene rings is 6. The molecule has 0 aromatic heterocycles. The van der Waals surface area contributed by atoms with Gasteiger partial charge in [0.15, 0.2) is 5.75 Å². The number of phenolic OH excluding ortho intramolecular Hbond substituents is 1. The Kier molecular flexibility index (Phi) is 10.3. The molecule has 0 saturated carbocycles. The van der Waals surface area contributed by atoms with Gasteiger partial charge in [0.05, 0.1) is 42.9 Å². The second kappa shape index (κ2) is 14.5. The van der Waals surface area contributed by atoms with Crippen LogP contribution in [0.1, 0.15) is 0 Å². The SMILES string of the molecule is Nc1c(N=Nc2ccc([N+](=O)[O-])cc2)c(S(=O)(=O)O)cc2cc(S(=O)(=O)O)c(N=Nc3ccc(S(=O)(=O)Nc4cccc5ccc(S(=O)(=O)O)cc45)cc3)c(O)c12. The third kappa shape index (κ3) is 8.38. The Morgan fingerprint density at radius 3 is 1.68 bits per heavy atom. The van der Waals surface area contributed by atoms with Crippen LogP contribution < -0.4 is 10.5 Å². The number of nitro benzene ring substituents is 1. The fraction of sp³-hybridized carbons (Fsp3) is 0. The summed E-state index contributed by atoms with van der Waals surface area (Å²) in [6, 6.07) is 18.3. The number of nitrogen functional groups attached to an aromatic ring is 1. The van der Waals surface area contributed by atoms with Crippen molar-refractivity contribution in [1.29, 1.82) is 0 Å². The number of non-ortho nitro benzene ring substituents is 1. The maximum atomic E-state index is 13.3. The predicted molar refractivity (Wildman–Crippen MR) is 202 cm³/mol. The van der Waals surface area contributed by atoms with Gasteiger partial charge in [0.2, 0.25) is 0 Å². The fourth-order valence-electron chi connectivity index (χ4n) is 5.36. The van der Waals surface area contributed by atoms with Crippen LogP contribution in [0, 0.1) is 10.1 Å². The highest BCUT2D eigenvalue weighted by molar-refractivity contribution is 7.92. The Balaban J connectivity index is 1.38. The number of aromatic hydroxyl groups is 1. The first kappa shape index (κ1) is 40.2. The van der Waals surface area contributed by atoms with E-state index in [2.05, 4.69) is 25.2 Å². The summed E-state index contributed by atoms with van der Waals surface area (Å²) in [5.41, 5.74) is 3.39. The minimum atomic E-state index is -5.25. The number of nitro groups is 1. The number of hydrogen-bond donors (Lipinski definition) is 6. The molecular formula is C32H23N7O14S4. The van der Waals surface area contributed by atoms with Crippen molar-refractivity contribution in [2.75, 3.05) is 10.5 Å². The van der Waals surface area contributed by atoms with E-state index in [1.807, 2.05) is 0 Å². The average molecular weight is 858 g/mol. The molecule has 0 bridgehead atoms. The summed E-state index contributed by atoms with van der Waals surface area (Å²) < 4.78 is 131. The first-order valence-corrected chi connectivity index (χ1v) is 21.1. The summed E-state index contributed by atoms with van der Waals surface area (Å²) in [5.74, 6) is -1.06. The van der Waals surface area contributed by atoms with Crippen LogP contribution >= 0.6 is 0 Å². The number of sulfonamides is 1. The molecule has 0 aliphatic carbocycles. The van der Waals surface area contributed by atoms with Gasteiger partial charge in [0.1, 0.15) is 21.2 Å². The quantitative estimate of drug-likeness (QED) is 0.0264. The summed E-state index contributed by atoms with van der Waals surface area (Å²) >= 11 is 0. The summed E-state index contributed by atoms with van der Waals surface area (Å²) in [6.45, 7) is 0. The fourth-order valence-corrected chi connectivity index (χ4v) is 8.27. The number of nitrogens with one attached hydrogen (secondary N) is 1. The van der Waals surface area contributed by atoms with Crippen molar-refractivity contribution in [2.24, 2.45) is 20.5 Å². The van der Waals surface area contributed by atoms with Crippen LogP contribution in [0.2, 0.25) is 0 Å². The van der Waals surface area contributed by atoms with Crippen molar-refractivity contribution in [2.45, 2.75) is 19.6 Å². The molecule has 0 amide bonds. The lowest BCUT2D eigenvalue weighted by Gasteiger charge is -2.14. The van der Waals surface area contributed by atoms with Gasteiger partial charge in [-0.1, -0.05) is 18.2 Å². The largest absolute Gasteiger partial charge is 0.505 e. The molecule has 0 heterocycles. The van der Waals surface area contributed by atoms with Crippen LogP contribution in [-0.4, -0.2) is 57.4 Å². The maximum absolute atomic E-state index is 13.3. The second-order valence-corrected chi connectivity index (χ2v) is 17.6. The van der Waals surface area contributed by atoms with Gasteiger partial charge in [0.25, 0.3) is 46.1 Å². The normalized spacial score (nSPS) is 12.8. The standard InChI is InChI=1S/C32H23N7O14S4/c33-29-28-18(14-26(56(48,49)50)30(29)36-34-19-5-9-21(10-6-19)39(41)42)15-27(57(51,52)53)31(32(28)40)37-35-20-7-12-22(13-8-20)54(43,44)38-25-3-1-2-17-4-11-23(16-24(17)25)55(45,46)47/h1-16,38,40H,33H2,(H,45,46,47)(H,48,49,50)(H,51,52,53). The Bertz CT molecular complexity index is 3180. The summed E-state index contributed by atoms with van der Waals surface area (Å²) in [6.07, 6.45) is 0. The number of phenols is 1. The lowest BCUT2D eigenvalue weighted by atomic mass is 10.1. The van der Waals surface area contributed by atoms with Gasteiger partial charge in [-0.05, 0) is 77.5 Å². The van der Waals surface area contributed by atoms with E-state index >= 15 is 0 Å². The molecule has 0 fully saturated rings. The summed E-state index contributed by atoms with van der Waals surface area (Å²) in [7, 11) is -19.4. The van der Waals surface area contributed by atoms with Crippen LogP contribution in [0.5, 0.6) is 5.75 Å². The van der Waals surface area contributed by atoms with E-state index in [-0.39, 0.29) is 33.0 Å². The highest BCUT2D eigenvalue weighted by Gasteiger charge is 2.28. The molecule has 0 aliphatic heterocycles. The third-order valence-electron chi connectivity index (χ3n) is 8.00. The van der Waals surface area contributed by atoms with Crippen molar-refractivity contribution in [1.82, 2.24) is 0 Å².